The third kappa shape index (κ3) is 6.08. The van der Waals surface area contributed by atoms with E-state index < -0.39 is 0 Å². The first kappa shape index (κ1) is 27.8. The highest BCUT2D eigenvalue weighted by molar-refractivity contribution is 5.78. The SMILES string of the molecule is CN(c1ccc(-c2ccccc2)cc1)c1nccc(-c2ccc(-c3ccc(N(c4ccccc4)c4ccccc4)cc3)cc2)n1. The molecule has 0 N–H and O–H groups in total. The van der Waals surface area contributed by atoms with E-state index in [1.54, 1.807) is 0 Å². The van der Waals surface area contributed by atoms with Crippen LogP contribution in [0.1, 0.15) is 0 Å². The molecular formula is C41H32N4. The van der Waals surface area contributed by atoms with Gasteiger partial charge in [0.15, 0.2) is 0 Å². The lowest BCUT2D eigenvalue weighted by Crippen LogP contribution is -2.13. The van der Waals surface area contributed by atoms with E-state index in [0.717, 1.165) is 45.1 Å². The molecule has 0 aliphatic heterocycles. The van der Waals surface area contributed by atoms with Crippen LogP contribution in [0.2, 0.25) is 0 Å². The molecule has 216 valence electrons. The molecule has 0 saturated carbocycles. The molecule has 0 atom stereocenters. The van der Waals surface area contributed by atoms with Crippen molar-refractivity contribution in [1.29, 1.82) is 0 Å². The molecule has 0 spiro atoms. The van der Waals surface area contributed by atoms with E-state index in [1.807, 2.05) is 42.4 Å². The Morgan fingerprint density at radius 3 is 1.31 bits per heavy atom. The van der Waals surface area contributed by atoms with Crippen LogP contribution in [-0.2, 0) is 0 Å². The minimum absolute atomic E-state index is 0.654. The number of para-hydroxylation sites is 2. The van der Waals surface area contributed by atoms with Crippen LogP contribution in [0, 0.1) is 0 Å². The van der Waals surface area contributed by atoms with Crippen LogP contribution >= 0.6 is 0 Å². The third-order valence-electron chi connectivity index (χ3n) is 7.97. The maximum atomic E-state index is 4.90. The van der Waals surface area contributed by atoms with Gasteiger partial charge in [0.2, 0.25) is 5.95 Å². The number of aromatic nitrogens is 2. The minimum atomic E-state index is 0.654. The normalized spacial score (nSPS) is 10.8. The lowest BCUT2D eigenvalue weighted by atomic mass is 10.0. The Hall–Kier alpha value is -6.00. The second kappa shape index (κ2) is 12.7. The molecule has 45 heavy (non-hydrogen) atoms. The Kier molecular flexibility index (Phi) is 7.85. The van der Waals surface area contributed by atoms with E-state index in [1.165, 1.54) is 11.1 Å². The number of anilines is 5. The second-order valence-corrected chi connectivity index (χ2v) is 10.8. The second-order valence-electron chi connectivity index (χ2n) is 10.8. The summed E-state index contributed by atoms with van der Waals surface area (Å²) in [4.78, 5) is 13.8. The highest BCUT2D eigenvalue weighted by Crippen LogP contribution is 2.35. The molecule has 6 aromatic carbocycles. The Morgan fingerprint density at radius 2 is 0.778 bits per heavy atom. The minimum Gasteiger partial charge on any atom is -0.314 e. The van der Waals surface area contributed by atoms with Gasteiger partial charge in [-0.1, -0.05) is 115 Å². The van der Waals surface area contributed by atoms with Crippen LogP contribution in [0.5, 0.6) is 0 Å². The number of benzene rings is 6. The fraction of sp³-hybridized carbons (Fsp3) is 0.0244. The van der Waals surface area contributed by atoms with Crippen molar-refractivity contribution >= 4 is 28.7 Å². The van der Waals surface area contributed by atoms with Crippen molar-refractivity contribution in [3.63, 3.8) is 0 Å². The van der Waals surface area contributed by atoms with Crippen LogP contribution in [0.25, 0.3) is 33.5 Å². The molecule has 7 rings (SSSR count). The average molecular weight is 581 g/mol. The fourth-order valence-corrected chi connectivity index (χ4v) is 5.53. The third-order valence-corrected chi connectivity index (χ3v) is 7.97. The van der Waals surface area contributed by atoms with E-state index in [4.69, 9.17) is 4.98 Å². The first-order valence-electron chi connectivity index (χ1n) is 15.1. The summed E-state index contributed by atoms with van der Waals surface area (Å²) in [6.07, 6.45) is 1.82. The molecule has 4 heteroatoms. The van der Waals surface area contributed by atoms with Crippen molar-refractivity contribution in [2.45, 2.75) is 0 Å². The average Bonchev–Trinajstić information content (AvgIpc) is 3.13. The van der Waals surface area contributed by atoms with E-state index in [0.29, 0.717) is 5.95 Å². The molecule has 7 aromatic rings. The Morgan fingerprint density at radius 1 is 0.378 bits per heavy atom. The van der Waals surface area contributed by atoms with Gasteiger partial charge in [-0.15, -0.1) is 0 Å². The number of rotatable bonds is 8. The summed E-state index contributed by atoms with van der Waals surface area (Å²) in [7, 11) is 2.00. The topological polar surface area (TPSA) is 32.3 Å². The van der Waals surface area contributed by atoms with E-state index in [9.17, 15) is 0 Å². The monoisotopic (exact) mass is 580 g/mol. The maximum absolute atomic E-state index is 4.90. The van der Waals surface area contributed by atoms with Crippen LogP contribution in [-0.4, -0.2) is 17.0 Å². The van der Waals surface area contributed by atoms with Gasteiger partial charge in [0.05, 0.1) is 5.69 Å². The molecule has 4 nitrogen and oxygen atoms in total. The summed E-state index contributed by atoms with van der Waals surface area (Å²) >= 11 is 0. The Bertz CT molecular complexity index is 1930. The molecule has 0 saturated heterocycles. The van der Waals surface area contributed by atoms with Crippen LogP contribution in [0.3, 0.4) is 0 Å². The zero-order chi connectivity index (χ0) is 30.4. The van der Waals surface area contributed by atoms with Gasteiger partial charge in [0.25, 0.3) is 0 Å². The van der Waals surface area contributed by atoms with Gasteiger partial charge in [0.1, 0.15) is 0 Å². The maximum Gasteiger partial charge on any atom is 0.230 e. The quantitative estimate of drug-likeness (QED) is 0.179. The Balaban J connectivity index is 1.09. The number of hydrogen-bond acceptors (Lipinski definition) is 4. The van der Waals surface area contributed by atoms with E-state index in [2.05, 4.69) is 155 Å². The van der Waals surface area contributed by atoms with Crippen LogP contribution < -0.4 is 9.80 Å². The smallest absolute Gasteiger partial charge is 0.230 e. The van der Waals surface area contributed by atoms with Gasteiger partial charge in [-0.05, 0) is 76.9 Å². The van der Waals surface area contributed by atoms with E-state index in [-0.39, 0.29) is 0 Å². The molecule has 0 amide bonds. The van der Waals surface area contributed by atoms with Crippen molar-refractivity contribution in [1.82, 2.24) is 9.97 Å². The van der Waals surface area contributed by atoms with Gasteiger partial charge >= 0.3 is 0 Å². The van der Waals surface area contributed by atoms with Crippen molar-refractivity contribution < 1.29 is 0 Å². The van der Waals surface area contributed by atoms with Gasteiger partial charge in [-0.3, -0.25) is 0 Å². The summed E-state index contributed by atoms with van der Waals surface area (Å²) in [6, 6.07) is 59.1. The van der Waals surface area contributed by atoms with Crippen molar-refractivity contribution in [2.24, 2.45) is 0 Å². The first-order chi connectivity index (χ1) is 22.2. The molecule has 0 unspecified atom stereocenters. The highest BCUT2D eigenvalue weighted by atomic mass is 15.2. The summed E-state index contributed by atoms with van der Waals surface area (Å²) < 4.78 is 0. The predicted octanol–water partition coefficient (Wildman–Crippen LogP) is 10.7. The van der Waals surface area contributed by atoms with Gasteiger partial charge in [-0.2, -0.15) is 0 Å². The number of hydrogen-bond donors (Lipinski definition) is 0. The summed E-state index contributed by atoms with van der Waals surface area (Å²) in [6.45, 7) is 0. The van der Waals surface area contributed by atoms with Gasteiger partial charge in [-0.25, -0.2) is 9.97 Å². The van der Waals surface area contributed by atoms with Crippen LogP contribution in [0.15, 0.2) is 176 Å². The van der Waals surface area contributed by atoms with Crippen molar-refractivity contribution in [3.05, 3.63) is 176 Å². The molecular weight excluding hydrogens is 548 g/mol. The first-order valence-corrected chi connectivity index (χ1v) is 15.1. The molecule has 1 heterocycles. The van der Waals surface area contributed by atoms with Crippen LogP contribution in [0.4, 0.5) is 28.7 Å². The molecule has 0 aliphatic carbocycles. The number of nitrogens with zero attached hydrogens (tertiary/aromatic N) is 4. The van der Waals surface area contributed by atoms with Gasteiger partial charge in [0, 0.05) is 41.6 Å². The highest BCUT2D eigenvalue weighted by Gasteiger charge is 2.13. The Labute approximate surface area is 264 Å². The standard InChI is InChI=1S/C41H32N4/c1-44(36-25-21-33(22-26-36)31-11-5-2-6-12-31)41-42-30-29-40(43-41)35-19-17-32(18-20-35)34-23-27-39(28-24-34)45(37-13-7-3-8-14-37)38-15-9-4-10-16-38/h2-30H,1H3. The molecule has 0 aliphatic rings. The molecule has 0 fully saturated rings. The summed E-state index contributed by atoms with van der Waals surface area (Å²) in [5, 5.41) is 0. The largest absolute Gasteiger partial charge is 0.314 e. The molecule has 1 aromatic heterocycles. The summed E-state index contributed by atoms with van der Waals surface area (Å²) in [5.41, 5.74) is 11.0. The van der Waals surface area contributed by atoms with Gasteiger partial charge < -0.3 is 9.80 Å². The van der Waals surface area contributed by atoms with E-state index >= 15 is 0 Å². The predicted molar refractivity (Wildman–Crippen MR) is 188 cm³/mol. The molecule has 0 radical (unpaired) electrons. The molecule has 0 bridgehead atoms. The fourth-order valence-electron chi connectivity index (χ4n) is 5.53. The lowest BCUT2D eigenvalue weighted by Gasteiger charge is -2.25. The zero-order valence-corrected chi connectivity index (χ0v) is 25.0. The van der Waals surface area contributed by atoms with Crippen molar-refractivity contribution in [2.75, 3.05) is 16.8 Å². The lowest BCUT2D eigenvalue weighted by molar-refractivity contribution is 1.05. The zero-order valence-electron chi connectivity index (χ0n) is 25.0. The van der Waals surface area contributed by atoms with Crippen molar-refractivity contribution in [3.8, 4) is 33.5 Å². The summed E-state index contributed by atoms with van der Waals surface area (Å²) in [5.74, 6) is 0.654.